The van der Waals surface area contributed by atoms with Gasteiger partial charge in [0.2, 0.25) is 0 Å². The summed E-state index contributed by atoms with van der Waals surface area (Å²) in [7, 11) is 0. The number of amides is 1. The van der Waals surface area contributed by atoms with Crippen LogP contribution in [0.15, 0.2) is 48.5 Å². The highest BCUT2D eigenvalue weighted by atomic mass is 16.5. The maximum atomic E-state index is 12.1. The molecule has 0 bridgehead atoms. The second-order valence-electron chi connectivity index (χ2n) is 4.90. The zero-order chi connectivity index (χ0) is 15.1. The van der Waals surface area contributed by atoms with E-state index < -0.39 is 0 Å². The van der Waals surface area contributed by atoms with Gasteiger partial charge in [0, 0.05) is 12.1 Å². The van der Waals surface area contributed by atoms with E-state index in [0.717, 1.165) is 17.7 Å². The van der Waals surface area contributed by atoms with Gasteiger partial charge in [-0.05, 0) is 49.6 Å². The number of hydrogen-bond donors (Lipinski definition) is 1. The first kappa shape index (κ1) is 15.1. The molecule has 0 aliphatic rings. The fourth-order valence-electron chi connectivity index (χ4n) is 2.18. The summed E-state index contributed by atoms with van der Waals surface area (Å²) in [5.41, 5.74) is 2.87. The normalized spacial score (nSPS) is 10.2. The average molecular weight is 283 g/mol. The number of hydrogen-bond acceptors (Lipinski definition) is 2. The Hall–Kier alpha value is -2.29. The van der Waals surface area contributed by atoms with Crippen molar-refractivity contribution in [3.63, 3.8) is 0 Å². The van der Waals surface area contributed by atoms with E-state index in [4.69, 9.17) is 4.74 Å². The molecule has 2 rings (SSSR count). The molecule has 0 spiro atoms. The van der Waals surface area contributed by atoms with Crippen molar-refractivity contribution in [1.29, 1.82) is 0 Å². The molecule has 0 radical (unpaired) electrons. The van der Waals surface area contributed by atoms with Crippen molar-refractivity contribution in [2.45, 2.75) is 20.3 Å². The predicted molar refractivity (Wildman–Crippen MR) is 84.8 cm³/mol. The highest BCUT2D eigenvalue weighted by molar-refractivity contribution is 5.94. The Morgan fingerprint density at radius 2 is 1.90 bits per heavy atom. The quantitative estimate of drug-likeness (QED) is 0.882. The molecule has 0 heterocycles. The van der Waals surface area contributed by atoms with Crippen molar-refractivity contribution in [2.24, 2.45) is 0 Å². The second-order valence-corrected chi connectivity index (χ2v) is 4.90. The van der Waals surface area contributed by atoms with E-state index in [1.165, 1.54) is 5.56 Å². The van der Waals surface area contributed by atoms with E-state index in [1.807, 2.05) is 44.2 Å². The van der Waals surface area contributed by atoms with Gasteiger partial charge in [0.15, 0.2) is 0 Å². The van der Waals surface area contributed by atoms with Gasteiger partial charge in [-0.15, -0.1) is 0 Å². The van der Waals surface area contributed by atoms with Gasteiger partial charge in [0.25, 0.3) is 5.91 Å². The third-order valence-corrected chi connectivity index (χ3v) is 3.28. The molecular weight excluding hydrogens is 262 g/mol. The lowest BCUT2D eigenvalue weighted by Gasteiger charge is -2.09. The van der Waals surface area contributed by atoms with Crippen LogP contribution in [0.2, 0.25) is 0 Å². The van der Waals surface area contributed by atoms with Crippen LogP contribution in [-0.2, 0) is 6.42 Å². The van der Waals surface area contributed by atoms with Crippen LogP contribution in [0.5, 0.6) is 5.75 Å². The molecule has 0 aliphatic carbocycles. The summed E-state index contributed by atoms with van der Waals surface area (Å²) in [6, 6.07) is 15.6. The van der Waals surface area contributed by atoms with Crippen LogP contribution in [-0.4, -0.2) is 19.1 Å². The minimum Gasteiger partial charge on any atom is -0.494 e. The maximum absolute atomic E-state index is 12.1. The van der Waals surface area contributed by atoms with Crippen LogP contribution >= 0.6 is 0 Å². The van der Waals surface area contributed by atoms with Crippen LogP contribution in [0.4, 0.5) is 0 Å². The average Bonchev–Trinajstić information content (AvgIpc) is 2.50. The lowest BCUT2D eigenvalue weighted by Crippen LogP contribution is -2.25. The van der Waals surface area contributed by atoms with Crippen molar-refractivity contribution < 1.29 is 9.53 Å². The summed E-state index contributed by atoms with van der Waals surface area (Å²) >= 11 is 0. The van der Waals surface area contributed by atoms with Crippen molar-refractivity contribution in [2.75, 3.05) is 13.2 Å². The lowest BCUT2D eigenvalue weighted by atomic mass is 10.1. The molecule has 3 nitrogen and oxygen atoms in total. The number of rotatable bonds is 6. The SMILES string of the molecule is CCOc1ccc(C(=O)NCCc2ccccc2)cc1C. The number of carbonyl (C=O) groups is 1. The molecule has 0 atom stereocenters. The van der Waals surface area contributed by atoms with Gasteiger partial charge in [-0.25, -0.2) is 0 Å². The van der Waals surface area contributed by atoms with Crippen LogP contribution in [0.25, 0.3) is 0 Å². The van der Waals surface area contributed by atoms with E-state index >= 15 is 0 Å². The van der Waals surface area contributed by atoms with Crippen LogP contribution in [0.3, 0.4) is 0 Å². The smallest absolute Gasteiger partial charge is 0.251 e. The predicted octanol–water partition coefficient (Wildman–Crippen LogP) is 3.37. The number of nitrogens with one attached hydrogen (secondary N) is 1. The van der Waals surface area contributed by atoms with Crippen molar-refractivity contribution >= 4 is 5.91 Å². The van der Waals surface area contributed by atoms with Gasteiger partial charge in [-0.1, -0.05) is 30.3 Å². The third kappa shape index (κ3) is 4.35. The van der Waals surface area contributed by atoms with Crippen LogP contribution in [0, 0.1) is 6.92 Å². The monoisotopic (exact) mass is 283 g/mol. The summed E-state index contributed by atoms with van der Waals surface area (Å²) in [6.07, 6.45) is 0.836. The first-order chi connectivity index (χ1) is 10.2. The molecule has 0 saturated carbocycles. The van der Waals surface area contributed by atoms with E-state index in [0.29, 0.717) is 18.7 Å². The molecule has 0 aromatic heterocycles. The second kappa shape index (κ2) is 7.48. The highest BCUT2D eigenvalue weighted by Crippen LogP contribution is 2.19. The third-order valence-electron chi connectivity index (χ3n) is 3.28. The minimum atomic E-state index is -0.0444. The van der Waals surface area contributed by atoms with Crippen molar-refractivity contribution in [1.82, 2.24) is 5.32 Å². The largest absolute Gasteiger partial charge is 0.494 e. The zero-order valence-electron chi connectivity index (χ0n) is 12.6. The molecule has 2 aromatic rings. The van der Waals surface area contributed by atoms with Gasteiger partial charge >= 0.3 is 0 Å². The molecular formula is C18H21NO2. The minimum absolute atomic E-state index is 0.0444. The summed E-state index contributed by atoms with van der Waals surface area (Å²) in [5, 5.41) is 2.95. The first-order valence-corrected chi connectivity index (χ1v) is 7.26. The number of benzene rings is 2. The first-order valence-electron chi connectivity index (χ1n) is 7.26. The van der Waals surface area contributed by atoms with E-state index in [1.54, 1.807) is 6.07 Å². The Morgan fingerprint density at radius 1 is 1.14 bits per heavy atom. The summed E-state index contributed by atoms with van der Waals surface area (Å²) in [6.45, 7) is 5.16. The van der Waals surface area contributed by atoms with Crippen molar-refractivity contribution in [3.05, 3.63) is 65.2 Å². The fourth-order valence-corrected chi connectivity index (χ4v) is 2.18. The zero-order valence-corrected chi connectivity index (χ0v) is 12.6. The molecule has 0 saturated heterocycles. The summed E-state index contributed by atoms with van der Waals surface area (Å²) in [4.78, 5) is 12.1. The fraction of sp³-hybridized carbons (Fsp3) is 0.278. The Labute approximate surface area is 126 Å². The Bertz CT molecular complexity index is 593. The van der Waals surface area contributed by atoms with Gasteiger partial charge in [-0.2, -0.15) is 0 Å². The van der Waals surface area contributed by atoms with Gasteiger partial charge in [0.05, 0.1) is 6.61 Å². The lowest BCUT2D eigenvalue weighted by molar-refractivity contribution is 0.0954. The van der Waals surface area contributed by atoms with Crippen molar-refractivity contribution in [3.8, 4) is 5.75 Å². The number of ether oxygens (including phenoxy) is 1. The van der Waals surface area contributed by atoms with E-state index in [9.17, 15) is 4.79 Å². The maximum Gasteiger partial charge on any atom is 0.251 e. The molecule has 1 N–H and O–H groups in total. The Kier molecular flexibility index (Phi) is 5.38. The number of aryl methyl sites for hydroxylation is 1. The summed E-state index contributed by atoms with van der Waals surface area (Å²) < 4.78 is 5.48. The molecule has 2 aromatic carbocycles. The molecule has 1 amide bonds. The van der Waals surface area contributed by atoms with Gasteiger partial charge < -0.3 is 10.1 Å². The molecule has 0 aliphatic heterocycles. The van der Waals surface area contributed by atoms with E-state index in [-0.39, 0.29) is 5.91 Å². The molecule has 110 valence electrons. The van der Waals surface area contributed by atoms with Gasteiger partial charge in [-0.3, -0.25) is 4.79 Å². The highest BCUT2D eigenvalue weighted by Gasteiger charge is 2.07. The Balaban J connectivity index is 1.90. The van der Waals surface area contributed by atoms with Gasteiger partial charge in [0.1, 0.15) is 5.75 Å². The number of carbonyl (C=O) groups excluding carboxylic acids is 1. The standard InChI is InChI=1S/C18H21NO2/c1-3-21-17-10-9-16(13-14(17)2)18(20)19-12-11-15-7-5-4-6-8-15/h4-10,13H,3,11-12H2,1-2H3,(H,19,20). The van der Waals surface area contributed by atoms with Crippen LogP contribution in [0.1, 0.15) is 28.4 Å². The molecule has 0 unspecified atom stereocenters. The summed E-state index contributed by atoms with van der Waals surface area (Å²) in [5.74, 6) is 0.787. The topological polar surface area (TPSA) is 38.3 Å². The van der Waals surface area contributed by atoms with Crippen LogP contribution < -0.4 is 10.1 Å². The molecule has 3 heteroatoms. The molecule has 0 fully saturated rings. The Morgan fingerprint density at radius 3 is 2.57 bits per heavy atom. The van der Waals surface area contributed by atoms with E-state index in [2.05, 4.69) is 17.4 Å². The molecule has 21 heavy (non-hydrogen) atoms.